The van der Waals surface area contributed by atoms with E-state index in [2.05, 4.69) is 19.9 Å². The van der Waals surface area contributed by atoms with Crippen molar-refractivity contribution < 1.29 is 9.59 Å². The van der Waals surface area contributed by atoms with Crippen molar-refractivity contribution in [2.24, 2.45) is 0 Å². The Labute approximate surface area is 104 Å². The number of carbonyl (C=O) groups is 2. The molecule has 0 spiro atoms. The summed E-state index contributed by atoms with van der Waals surface area (Å²) in [7, 11) is 0. The summed E-state index contributed by atoms with van der Waals surface area (Å²) in [4.78, 5) is 35.9. The van der Waals surface area contributed by atoms with Crippen LogP contribution in [0.25, 0.3) is 0 Å². The van der Waals surface area contributed by atoms with Gasteiger partial charge in [-0.2, -0.15) is 0 Å². The number of nitrogens with zero attached hydrogens (tertiary/aromatic N) is 4. The lowest BCUT2D eigenvalue weighted by molar-refractivity contribution is 0.0997. The standard InChI is InChI=1S/2C6H6N2O/c1-5(9)6-2-3-7-4-8-6;1-5(9)6-7-3-2-4-8-6/h2*2-4H,1H3. The molecule has 2 aromatic rings. The van der Waals surface area contributed by atoms with Gasteiger partial charge < -0.3 is 0 Å². The number of hydrogen-bond donors (Lipinski definition) is 0. The van der Waals surface area contributed by atoms with E-state index in [-0.39, 0.29) is 17.4 Å². The van der Waals surface area contributed by atoms with Gasteiger partial charge in [-0.05, 0) is 12.1 Å². The van der Waals surface area contributed by atoms with E-state index in [1.165, 1.54) is 20.2 Å². The Kier molecular flexibility index (Phi) is 5.24. The molecule has 2 aromatic heterocycles. The zero-order chi connectivity index (χ0) is 13.4. The van der Waals surface area contributed by atoms with Crippen LogP contribution < -0.4 is 0 Å². The quantitative estimate of drug-likeness (QED) is 0.741. The van der Waals surface area contributed by atoms with Crippen molar-refractivity contribution in [2.75, 3.05) is 0 Å². The highest BCUT2D eigenvalue weighted by molar-refractivity contribution is 5.91. The minimum absolute atomic E-state index is 0.0302. The Balaban J connectivity index is 0.000000180. The highest BCUT2D eigenvalue weighted by Gasteiger charge is 1.97. The molecule has 0 saturated heterocycles. The van der Waals surface area contributed by atoms with Gasteiger partial charge in [-0.3, -0.25) is 9.59 Å². The number of hydrogen-bond acceptors (Lipinski definition) is 6. The van der Waals surface area contributed by atoms with Crippen LogP contribution in [0.15, 0.2) is 37.1 Å². The fraction of sp³-hybridized carbons (Fsp3) is 0.167. The predicted molar refractivity (Wildman–Crippen MR) is 64.1 cm³/mol. The van der Waals surface area contributed by atoms with Gasteiger partial charge in [0.05, 0.1) is 0 Å². The van der Waals surface area contributed by atoms with Crippen molar-refractivity contribution in [3.05, 3.63) is 48.6 Å². The number of Topliss-reactive ketones (excluding diaryl/α,β-unsaturated/α-hetero) is 2. The Morgan fingerprint density at radius 1 is 0.944 bits per heavy atom. The third-order valence-electron chi connectivity index (χ3n) is 1.82. The van der Waals surface area contributed by atoms with Crippen molar-refractivity contribution in [2.45, 2.75) is 13.8 Å². The Bertz CT molecular complexity index is 465. The molecule has 0 atom stereocenters. The van der Waals surface area contributed by atoms with E-state index in [0.29, 0.717) is 5.69 Å². The Hall–Kier alpha value is -2.50. The molecule has 6 nitrogen and oxygen atoms in total. The smallest absolute Gasteiger partial charge is 0.196 e. The highest BCUT2D eigenvalue weighted by atomic mass is 16.1. The summed E-state index contributed by atoms with van der Waals surface area (Å²) in [6, 6.07) is 3.26. The lowest BCUT2D eigenvalue weighted by Crippen LogP contribution is -1.98. The molecule has 0 aromatic carbocycles. The molecule has 0 aliphatic carbocycles. The largest absolute Gasteiger partial charge is 0.293 e. The molecule has 0 bridgehead atoms. The fourth-order valence-electron chi connectivity index (χ4n) is 0.980. The molecule has 0 N–H and O–H groups in total. The Morgan fingerprint density at radius 3 is 1.94 bits per heavy atom. The molecule has 0 saturated carbocycles. The molecule has 92 valence electrons. The van der Waals surface area contributed by atoms with Gasteiger partial charge in [0.2, 0.25) is 0 Å². The number of carbonyl (C=O) groups excluding carboxylic acids is 2. The second-order valence-corrected chi connectivity index (χ2v) is 3.28. The molecule has 0 aliphatic rings. The molecular weight excluding hydrogens is 232 g/mol. The molecule has 6 heteroatoms. The van der Waals surface area contributed by atoms with E-state index >= 15 is 0 Å². The van der Waals surface area contributed by atoms with Gasteiger partial charge in [0, 0.05) is 32.4 Å². The molecular formula is C12H12N4O2. The summed E-state index contributed by atoms with van der Waals surface area (Å²) < 4.78 is 0. The van der Waals surface area contributed by atoms with Gasteiger partial charge >= 0.3 is 0 Å². The van der Waals surface area contributed by atoms with Crippen LogP contribution in [0.4, 0.5) is 0 Å². The third kappa shape index (κ3) is 4.56. The molecule has 18 heavy (non-hydrogen) atoms. The molecule has 0 radical (unpaired) electrons. The fourth-order valence-corrected chi connectivity index (χ4v) is 0.980. The van der Waals surface area contributed by atoms with Gasteiger partial charge in [0.25, 0.3) is 0 Å². The first-order valence-corrected chi connectivity index (χ1v) is 5.16. The lowest BCUT2D eigenvalue weighted by atomic mass is 10.3. The summed E-state index contributed by atoms with van der Waals surface area (Å²) in [6.45, 7) is 2.91. The van der Waals surface area contributed by atoms with Crippen LogP contribution in [-0.4, -0.2) is 31.5 Å². The highest BCUT2D eigenvalue weighted by Crippen LogP contribution is 1.90. The van der Waals surface area contributed by atoms with Crippen molar-refractivity contribution in [3.63, 3.8) is 0 Å². The van der Waals surface area contributed by atoms with Crippen molar-refractivity contribution in [1.29, 1.82) is 0 Å². The van der Waals surface area contributed by atoms with Gasteiger partial charge in [-0.1, -0.05) is 0 Å². The zero-order valence-electron chi connectivity index (χ0n) is 10.1. The van der Waals surface area contributed by atoms with E-state index in [4.69, 9.17) is 0 Å². The topological polar surface area (TPSA) is 85.7 Å². The van der Waals surface area contributed by atoms with E-state index in [1.807, 2.05) is 0 Å². The molecule has 2 heterocycles. The predicted octanol–water partition coefficient (Wildman–Crippen LogP) is 1.36. The summed E-state index contributed by atoms with van der Waals surface area (Å²) >= 11 is 0. The lowest BCUT2D eigenvalue weighted by Gasteiger charge is -1.87. The average Bonchev–Trinajstić information content (AvgIpc) is 2.41. The average molecular weight is 244 g/mol. The van der Waals surface area contributed by atoms with Crippen molar-refractivity contribution in [3.8, 4) is 0 Å². The first-order chi connectivity index (χ1) is 8.61. The summed E-state index contributed by atoms with van der Waals surface area (Å²) in [5.41, 5.74) is 0.463. The Morgan fingerprint density at radius 2 is 1.61 bits per heavy atom. The van der Waals surface area contributed by atoms with Crippen molar-refractivity contribution in [1.82, 2.24) is 19.9 Å². The van der Waals surface area contributed by atoms with Gasteiger partial charge in [-0.15, -0.1) is 0 Å². The SMILES string of the molecule is CC(=O)c1ccncn1.CC(=O)c1ncccn1. The van der Waals surface area contributed by atoms with E-state index < -0.39 is 0 Å². The first-order valence-electron chi connectivity index (χ1n) is 5.16. The molecule has 0 aliphatic heterocycles. The molecule has 0 amide bonds. The number of rotatable bonds is 2. The molecule has 2 rings (SSSR count). The van der Waals surface area contributed by atoms with Crippen LogP contribution in [0.5, 0.6) is 0 Å². The van der Waals surface area contributed by atoms with Crippen LogP contribution in [0.2, 0.25) is 0 Å². The maximum absolute atomic E-state index is 10.6. The van der Waals surface area contributed by atoms with E-state index in [1.54, 1.807) is 30.7 Å². The van der Waals surface area contributed by atoms with Crippen LogP contribution in [0.3, 0.4) is 0 Å². The van der Waals surface area contributed by atoms with Crippen molar-refractivity contribution >= 4 is 11.6 Å². The minimum atomic E-state index is -0.101. The van der Waals surface area contributed by atoms with Gasteiger partial charge in [0.15, 0.2) is 17.4 Å². The number of aromatic nitrogens is 4. The zero-order valence-corrected chi connectivity index (χ0v) is 10.1. The van der Waals surface area contributed by atoms with E-state index in [9.17, 15) is 9.59 Å². The van der Waals surface area contributed by atoms with E-state index in [0.717, 1.165) is 0 Å². The van der Waals surface area contributed by atoms with Crippen LogP contribution in [0.1, 0.15) is 35.0 Å². The van der Waals surface area contributed by atoms with Gasteiger partial charge in [-0.25, -0.2) is 19.9 Å². The summed E-state index contributed by atoms with van der Waals surface area (Å²) in [5.74, 6) is 0.144. The van der Waals surface area contributed by atoms with Gasteiger partial charge in [0.1, 0.15) is 12.0 Å². The maximum Gasteiger partial charge on any atom is 0.196 e. The second-order valence-electron chi connectivity index (χ2n) is 3.28. The normalized spacial score (nSPS) is 9.00. The number of ketones is 2. The maximum atomic E-state index is 10.6. The minimum Gasteiger partial charge on any atom is -0.293 e. The summed E-state index contributed by atoms with van der Waals surface area (Å²) in [5, 5.41) is 0. The monoisotopic (exact) mass is 244 g/mol. The summed E-state index contributed by atoms with van der Waals surface area (Å²) in [6.07, 6.45) is 5.99. The van der Waals surface area contributed by atoms with Crippen LogP contribution in [0, 0.1) is 0 Å². The first kappa shape index (κ1) is 13.6. The van der Waals surface area contributed by atoms with Crippen LogP contribution >= 0.6 is 0 Å². The molecule has 0 fully saturated rings. The second kappa shape index (κ2) is 6.95. The molecule has 0 unspecified atom stereocenters. The third-order valence-corrected chi connectivity index (χ3v) is 1.82. The van der Waals surface area contributed by atoms with Crippen LogP contribution in [-0.2, 0) is 0 Å².